The van der Waals surface area contributed by atoms with Gasteiger partial charge >= 0.3 is 0 Å². The zero-order valence-corrected chi connectivity index (χ0v) is 14.6. The van der Waals surface area contributed by atoms with E-state index in [1.54, 1.807) is 6.07 Å². The van der Waals surface area contributed by atoms with Crippen molar-refractivity contribution < 1.29 is 5.11 Å². The summed E-state index contributed by atoms with van der Waals surface area (Å²) in [7, 11) is 0. The van der Waals surface area contributed by atoms with Gasteiger partial charge < -0.3 is 5.11 Å². The standard InChI is InChI=1S/C19H24BrNO/c20-17-3-4-18(22)16(7-17)11-21-12-19-8-13-1-2-14(9-19)6-15(5-13)10-19/h3-4,7,11,13-15,22H,1-2,5-6,8-10,12H2. The number of phenolic OH excluding ortho intramolecular Hbond substituents is 1. The molecule has 4 aliphatic carbocycles. The van der Waals surface area contributed by atoms with E-state index in [0.29, 0.717) is 11.2 Å². The second-order valence-electron chi connectivity index (χ2n) is 7.93. The lowest BCUT2D eigenvalue weighted by Crippen LogP contribution is -2.39. The van der Waals surface area contributed by atoms with E-state index in [1.165, 1.54) is 44.9 Å². The number of hydrogen-bond donors (Lipinski definition) is 1. The average molecular weight is 362 g/mol. The molecule has 4 aliphatic rings. The molecule has 2 atom stereocenters. The Balaban J connectivity index is 1.51. The molecular weight excluding hydrogens is 338 g/mol. The fourth-order valence-corrected chi connectivity index (χ4v) is 5.91. The third kappa shape index (κ3) is 2.84. The van der Waals surface area contributed by atoms with Crippen LogP contribution in [0.4, 0.5) is 0 Å². The van der Waals surface area contributed by atoms with Crippen LogP contribution in [-0.2, 0) is 0 Å². The van der Waals surface area contributed by atoms with E-state index in [0.717, 1.165) is 34.3 Å². The van der Waals surface area contributed by atoms with E-state index in [4.69, 9.17) is 4.99 Å². The van der Waals surface area contributed by atoms with Gasteiger partial charge in [-0.3, -0.25) is 4.99 Å². The SMILES string of the molecule is Oc1ccc(Br)cc1C=NCC12CC3CCC(CC(C3)C1)C2. The summed E-state index contributed by atoms with van der Waals surface area (Å²) in [5.41, 5.74) is 1.28. The van der Waals surface area contributed by atoms with Gasteiger partial charge in [0.25, 0.3) is 0 Å². The van der Waals surface area contributed by atoms with Crippen molar-refractivity contribution in [2.45, 2.75) is 44.9 Å². The van der Waals surface area contributed by atoms with Crippen LogP contribution in [0.2, 0.25) is 0 Å². The predicted octanol–water partition coefficient (Wildman–Crippen LogP) is 5.18. The van der Waals surface area contributed by atoms with Crippen molar-refractivity contribution in [1.29, 1.82) is 0 Å². The number of aromatic hydroxyl groups is 1. The molecule has 2 unspecified atom stereocenters. The highest BCUT2D eigenvalue weighted by molar-refractivity contribution is 9.10. The lowest BCUT2D eigenvalue weighted by molar-refractivity contribution is 0.0428. The Morgan fingerprint density at radius 3 is 2.55 bits per heavy atom. The molecule has 5 rings (SSSR count). The Morgan fingerprint density at radius 1 is 1.14 bits per heavy atom. The van der Waals surface area contributed by atoms with Gasteiger partial charge in [0.2, 0.25) is 0 Å². The Bertz CT molecular complexity index is 581. The summed E-state index contributed by atoms with van der Waals surface area (Å²) in [4.78, 5) is 4.77. The first-order valence-electron chi connectivity index (χ1n) is 8.60. The number of hydrogen-bond acceptors (Lipinski definition) is 2. The maximum Gasteiger partial charge on any atom is 0.124 e. The molecule has 0 heterocycles. The van der Waals surface area contributed by atoms with Crippen LogP contribution in [0.1, 0.15) is 50.5 Å². The second-order valence-corrected chi connectivity index (χ2v) is 8.85. The van der Waals surface area contributed by atoms with E-state index >= 15 is 0 Å². The minimum absolute atomic E-state index is 0.315. The van der Waals surface area contributed by atoms with Crippen molar-refractivity contribution in [3.05, 3.63) is 28.2 Å². The maximum absolute atomic E-state index is 9.93. The first-order valence-corrected chi connectivity index (χ1v) is 9.40. The number of phenols is 1. The second kappa shape index (κ2) is 5.67. The fourth-order valence-electron chi connectivity index (χ4n) is 5.53. The number of rotatable bonds is 3. The minimum Gasteiger partial charge on any atom is -0.507 e. The monoisotopic (exact) mass is 361 g/mol. The summed E-state index contributed by atoms with van der Waals surface area (Å²) in [6.45, 7) is 0.947. The molecule has 0 amide bonds. The van der Waals surface area contributed by atoms with Crippen molar-refractivity contribution in [2.75, 3.05) is 6.54 Å². The molecule has 118 valence electrons. The van der Waals surface area contributed by atoms with Crippen LogP contribution in [0.15, 0.2) is 27.7 Å². The fraction of sp³-hybridized carbons (Fsp3) is 0.632. The molecule has 1 aromatic carbocycles. The van der Waals surface area contributed by atoms with E-state index in [1.807, 2.05) is 18.3 Å². The summed E-state index contributed by atoms with van der Waals surface area (Å²) in [5.74, 6) is 3.20. The normalized spacial score (nSPS) is 36.9. The molecule has 0 aromatic heterocycles. The number of halogens is 1. The van der Waals surface area contributed by atoms with Crippen LogP contribution in [-0.4, -0.2) is 17.9 Å². The quantitative estimate of drug-likeness (QED) is 0.739. The van der Waals surface area contributed by atoms with E-state index < -0.39 is 0 Å². The molecular formula is C19H24BrNO. The average Bonchev–Trinajstić information content (AvgIpc) is 2.68. The molecule has 0 aliphatic heterocycles. The summed E-state index contributed by atoms with van der Waals surface area (Å²) in [6, 6.07) is 5.52. The summed E-state index contributed by atoms with van der Waals surface area (Å²) >= 11 is 3.46. The largest absolute Gasteiger partial charge is 0.507 e. The van der Waals surface area contributed by atoms with Gasteiger partial charge in [-0.25, -0.2) is 0 Å². The number of fused-ring (bicyclic) bond motifs is 1. The van der Waals surface area contributed by atoms with Crippen molar-refractivity contribution in [1.82, 2.24) is 0 Å². The Labute approximate surface area is 141 Å². The first kappa shape index (κ1) is 14.7. The molecule has 4 saturated carbocycles. The topological polar surface area (TPSA) is 32.6 Å². The highest BCUT2D eigenvalue weighted by atomic mass is 79.9. The number of nitrogens with zero attached hydrogens (tertiary/aromatic N) is 1. The smallest absolute Gasteiger partial charge is 0.124 e. The van der Waals surface area contributed by atoms with Crippen molar-refractivity contribution in [2.24, 2.45) is 28.2 Å². The van der Waals surface area contributed by atoms with E-state index in [2.05, 4.69) is 15.9 Å². The molecule has 0 spiro atoms. The first-order chi connectivity index (χ1) is 10.6. The molecule has 4 bridgehead atoms. The van der Waals surface area contributed by atoms with Gasteiger partial charge in [-0.15, -0.1) is 0 Å². The molecule has 0 saturated heterocycles. The van der Waals surface area contributed by atoms with Crippen molar-refractivity contribution >= 4 is 22.1 Å². The summed E-state index contributed by atoms with van der Waals surface area (Å²) in [5, 5.41) is 9.93. The summed E-state index contributed by atoms with van der Waals surface area (Å²) in [6.07, 6.45) is 11.9. The van der Waals surface area contributed by atoms with Gasteiger partial charge in [0.1, 0.15) is 5.75 Å². The Morgan fingerprint density at radius 2 is 1.82 bits per heavy atom. The van der Waals surface area contributed by atoms with E-state index in [-0.39, 0.29) is 0 Å². The number of benzene rings is 1. The molecule has 1 N–H and O–H groups in total. The lowest BCUT2D eigenvalue weighted by atomic mass is 9.58. The Hall–Kier alpha value is -0.830. The lowest BCUT2D eigenvalue weighted by Gasteiger charge is -2.47. The van der Waals surface area contributed by atoms with Gasteiger partial charge in [-0.05, 0) is 73.5 Å². The molecule has 22 heavy (non-hydrogen) atoms. The molecule has 1 aromatic rings. The maximum atomic E-state index is 9.93. The van der Waals surface area contributed by atoms with Crippen LogP contribution in [0.5, 0.6) is 5.75 Å². The highest BCUT2D eigenvalue weighted by Crippen LogP contribution is 2.57. The van der Waals surface area contributed by atoms with Gasteiger partial charge in [-0.1, -0.05) is 28.8 Å². The van der Waals surface area contributed by atoms with Crippen LogP contribution in [0, 0.1) is 23.2 Å². The molecule has 0 radical (unpaired) electrons. The van der Waals surface area contributed by atoms with Gasteiger partial charge in [-0.2, -0.15) is 0 Å². The number of aliphatic imine (C=N–C) groups is 1. The zero-order valence-electron chi connectivity index (χ0n) is 13.0. The van der Waals surface area contributed by atoms with Gasteiger partial charge in [0.15, 0.2) is 0 Å². The third-order valence-electron chi connectivity index (χ3n) is 6.13. The van der Waals surface area contributed by atoms with Gasteiger partial charge in [0.05, 0.1) is 0 Å². The van der Waals surface area contributed by atoms with Crippen molar-refractivity contribution in [3.63, 3.8) is 0 Å². The van der Waals surface area contributed by atoms with Crippen LogP contribution < -0.4 is 0 Å². The Kier molecular flexibility index (Phi) is 3.80. The van der Waals surface area contributed by atoms with Crippen LogP contribution in [0.25, 0.3) is 0 Å². The molecule has 3 heteroatoms. The highest BCUT2D eigenvalue weighted by Gasteiger charge is 2.48. The molecule has 4 fully saturated rings. The van der Waals surface area contributed by atoms with Gasteiger partial charge in [0, 0.05) is 22.8 Å². The third-order valence-corrected chi connectivity index (χ3v) is 6.62. The van der Waals surface area contributed by atoms with E-state index in [9.17, 15) is 5.11 Å². The van der Waals surface area contributed by atoms with Crippen molar-refractivity contribution in [3.8, 4) is 5.75 Å². The minimum atomic E-state index is 0.315. The van der Waals surface area contributed by atoms with Crippen LogP contribution in [0.3, 0.4) is 0 Å². The predicted molar refractivity (Wildman–Crippen MR) is 93.5 cm³/mol. The molecule has 2 nitrogen and oxygen atoms in total. The van der Waals surface area contributed by atoms with Crippen LogP contribution >= 0.6 is 15.9 Å². The zero-order chi connectivity index (χ0) is 15.2. The summed E-state index contributed by atoms with van der Waals surface area (Å²) < 4.78 is 0.985.